The molecule has 0 aliphatic heterocycles. The summed E-state index contributed by atoms with van der Waals surface area (Å²) in [5, 5.41) is 6.94. The molecule has 6 aliphatic carbocycles. The van der Waals surface area contributed by atoms with Crippen LogP contribution in [-0.4, -0.2) is 23.7 Å². The first-order chi connectivity index (χ1) is 50.6. The van der Waals surface area contributed by atoms with Crippen molar-refractivity contribution in [1.29, 1.82) is 0 Å². The van der Waals surface area contributed by atoms with Crippen LogP contribution in [0, 0.1) is 0 Å². The Labute approximate surface area is 586 Å². The molecule has 3 spiro atoms. The highest BCUT2D eigenvalue weighted by Crippen LogP contribution is 2.67. The fourth-order valence-corrected chi connectivity index (χ4v) is 21.1. The van der Waals surface area contributed by atoms with Crippen LogP contribution >= 0.6 is 0 Å². The Balaban J connectivity index is 0.821. The highest BCUT2D eigenvalue weighted by molar-refractivity contribution is 6.16. The number of para-hydroxylation sites is 3. The van der Waals surface area contributed by atoms with Crippen molar-refractivity contribution in [3.8, 4) is 84.3 Å². The topological polar surface area (TPSA) is 40.6 Å². The summed E-state index contributed by atoms with van der Waals surface area (Å²) in [4.78, 5) is 12.3. The van der Waals surface area contributed by atoms with E-state index in [9.17, 15) is 0 Å². The number of hydrogen-bond acceptors (Lipinski definition) is 2. The van der Waals surface area contributed by atoms with Crippen LogP contribution in [-0.2, 0) is 16.2 Å². The second-order valence-electron chi connectivity index (χ2n) is 28.8. The molecule has 0 bridgehead atoms. The number of benzene rings is 15. The van der Waals surface area contributed by atoms with E-state index in [0.717, 1.165) is 66.3 Å². The van der Waals surface area contributed by atoms with Crippen LogP contribution in [0.1, 0.15) is 66.8 Å². The lowest BCUT2D eigenvalue weighted by Crippen LogP contribution is -2.26. The first kappa shape index (κ1) is 53.8. The van der Waals surface area contributed by atoms with Gasteiger partial charge in [-0.25, -0.2) is 0 Å². The van der Waals surface area contributed by atoms with Crippen molar-refractivity contribution in [1.82, 2.24) is 23.7 Å². The first-order valence-corrected chi connectivity index (χ1v) is 35.6. The van der Waals surface area contributed by atoms with E-state index in [4.69, 9.17) is 9.97 Å². The predicted molar refractivity (Wildman–Crippen MR) is 414 cm³/mol. The normalized spacial score (nSPS) is 14.7. The number of nitrogens with zero attached hydrogens (tertiary/aromatic N) is 5. The van der Waals surface area contributed by atoms with Crippen LogP contribution in [0.2, 0.25) is 0 Å². The van der Waals surface area contributed by atoms with Crippen molar-refractivity contribution in [2.75, 3.05) is 0 Å². The molecule has 0 atom stereocenters. The molecular formula is C97H55N5. The highest BCUT2D eigenvalue weighted by Gasteiger charge is 2.55. The second-order valence-corrected chi connectivity index (χ2v) is 28.8. The third-order valence-electron chi connectivity index (χ3n) is 24.7. The van der Waals surface area contributed by atoms with Crippen molar-refractivity contribution < 1.29 is 0 Å². The van der Waals surface area contributed by atoms with E-state index >= 15 is 0 Å². The maximum atomic E-state index is 6.17. The fourth-order valence-electron chi connectivity index (χ4n) is 21.1. The molecule has 102 heavy (non-hydrogen) atoms. The van der Waals surface area contributed by atoms with Gasteiger partial charge in [-0.3, -0.25) is 13.7 Å². The summed E-state index contributed by atoms with van der Waals surface area (Å²) in [5.74, 6) is 2.11. The molecule has 0 saturated heterocycles. The Morgan fingerprint density at radius 2 is 0.382 bits per heavy atom. The molecule has 6 aliphatic rings. The van der Waals surface area contributed by atoms with E-state index in [1.165, 1.54) is 144 Å². The molecule has 19 aromatic rings. The lowest BCUT2D eigenvalue weighted by molar-refractivity contribution is 0.793. The van der Waals surface area contributed by atoms with Crippen LogP contribution in [0.5, 0.6) is 0 Å². The van der Waals surface area contributed by atoms with Gasteiger partial charge >= 0.3 is 0 Å². The zero-order chi connectivity index (χ0) is 66.1. The van der Waals surface area contributed by atoms with Crippen molar-refractivity contribution in [3.05, 3.63) is 400 Å². The third kappa shape index (κ3) is 6.13. The SMILES string of the molecule is c1ccc2c(c1)-c1ccccc1C21c2ccccc2-c2cc3c4ccccc4n(-c4cc(-n5c6ccccc6c6cc7c(cc65)C5(c6ccccc6-c6ccccc65)c5ccccc5-7)nc(-n5c6ccccc6c6cc7c(cc65)C5(c6ccccc6-c6ccccc65)c5ccccc5-7)n4)c3cc21. The molecule has 5 nitrogen and oxygen atoms in total. The minimum absolute atomic E-state index is 0.572. The molecule has 5 heteroatoms. The first-order valence-electron chi connectivity index (χ1n) is 35.6. The Morgan fingerprint density at radius 1 is 0.167 bits per heavy atom. The van der Waals surface area contributed by atoms with Gasteiger partial charge < -0.3 is 0 Å². The van der Waals surface area contributed by atoms with Gasteiger partial charge in [0.1, 0.15) is 11.6 Å². The van der Waals surface area contributed by atoms with Gasteiger partial charge in [0.25, 0.3) is 0 Å². The summed E-state index contributed by atoms with van der Waals surface area (Å²) in [6.07, 6.45) is 0. The van der Waals surface area contributed by atoms with E-state index in [0.29, 0.717) is 5.95 Å². The molecule has 0 fully saturated rings. The molecule has 0 unspecified atom stereocenters. The van der Waals surface area contributed by atoms with E-state index in [-0.39, 0.29) is 0 Å². The summed E-state index contributed by atoms with van der Waals surface area (Å²) >= 11 is 0. The van der Waals surface area contributed by atoms with Gasteiger partial charge in [-0.15, -0.1) is 0 Å². The fraction of sp³-hybridized carbons (Fsp3) is 0.0309. The van der Waals surface area contributed by atoms with Crippen LogP contribution in [0.3, 0.4) is 0 Å². The number of aromatic nitrogens is 5. The molecule has 15 aromatic carbocycles. The molecule has 0 amide bonds. The summed E-state index contributed by atoms with van der Waals surface area (Å²) in [5.41, 5.74) is 35.5. The average Bonchev–Trinajstić information content (AvgIpc) is 1.52. The monoisotopic (exact) mass is 1290 g/mol. The van der Waals surface area contributed by atoms with Gasteiger partial charge in [0.05, 0.1) is 49.3 Å². The summed E-state index contributed by atoms with van der Waals surface area (Å²) in [6.45, 7) is 0. The van der Waals surface area contributed by atoms with Crippen molar-refractivity contribution in [2.45, 2.75) is 16.2 Å². The molecule has 25 rings (SSSR count). The molecule has 0 radical (unpaired) electrons. The van der Waals surface area contributed by atoms with Gasteiger partial charge in [-0.05, 0) is 188 Å². The highest BCUT2D eigenvalue weighted by atomic mass is 15.2. The summed E-state index contributed by atoms with van der Waals surface area (Å²) in [6, 6.07) is 127. The zero-order valence-electron chi connectivity index (χ0n) is 55.0. The smallest absolute Gasteiger partial charge is 0.238 e. The maximum absolute atomic E-state index is 6.17. The molecular weight excluding hydrogens is 1240 g/mol. The molecule has 468 valence electrons. The number of hydrogen-bond donors (Lipinski definition) is 0. The standard InChI is InChI=1S/C97H55N5/c1-13-37-74-56(25-1)57-26-2-14-38-75(57)95(74)80-43-19-7-31-62(80)68-49-71-65-34-10-22-46-86(65)100(89(71)52-83(68)95)92-55-93(101-87-47-23-11-35-66(87)72-50-69-63-32-8-20-44-81(63)96(84(69)53-90(72)101)76-39-15-3-27-58(76)59-28-4-16-40-77(59)96)99-94(98-92)102-88-48-24-12-36-67(88)73-51-70-64-33-9-21-45-82(64)97(85(70)54-91(73)102)78-41-17-5-29-60(78)61-30-6-18-42-79(61)97/h1-55H. The van der Waals surface area contributed by atoms with Gasteiger partial charge in [0, 0.05) is 38.4 Å². The summed E-state index contributed by atoms with van der Waals surface area (Å²) < 4.78 is 7.33. The van der Waals surface area contributed by atoms with Crippen LogP contribution in [0.4, 0.5) is 0 Å². The minimum atomic E-state index is -0.580. The van der Waals surface area contributed by atoms with E-state index < -0.39 is 16.2 Å². The molecule has 4 heterocycles. The third-order valence-corrected chi connectivity index (χ3v) is 24.7. The van der Waals surface area contributed by atoms with Crippen molar-refractivity contribution >= 4 is 65.4 Å². The van der Waals surface area contributed by atoms with E-state index in [2.05, 4.69) is 347 Å². The van der Waals surface area contributed by atoms with Gasteiger partial charge in [-0.2, -0.15) is 9.97 Å². The lowest BCUT2D eigenvalue weighted by Gasteiger charge is -2.30. The van der Waals surface area contributed by atoms with Crippen molar-refractivity contribution in [3.63, 3.8) is 0 Å². The largest absolute Gasteiger partial charge is 0.294 e. The Hall–Kier alpha value is -13.2. The van der Waals surface area contributed by atoms with Crippen LogP contribution in [0.25, 0.3) is 150 Å². The van der Waals surface area contributed by atoms with Gasteiger partial charge in [0.15, 0.2) is 0 Å². The Kier molecular flexibility index (Phi) is 9.89. The Bertz CT molecular complexity index is 6290. The zero-order valence-corrected chi connectivity index (χ0v) is 55.0. The minimum Gasteiger partial charge on any atom is -0.294 e. The molecule has 0 N–H and O–H groups in total. The van der Waals surface area contributed by atoms with Gasteiger partial charge in [0.2, 0.25) is 5.95 Å². The van der Waals surface area contributed by atoms with E-state index in [1.54, 1.807) is 0 Å². The summed E-state index contributed by atoms with van der Waals surface area (Å²) in [7, 11) is 0. The second kappa shape index (κ2) is 18.7. The number of fused-ring (bicyclic) bond motifs is 39. The number of rotatable bonds is 3. The van der Waals surface area contributed by atoms with E-state index in [1.807, 2.05) is 0 Å². The molecule has 4 aromatic heterocycles. The average molecular weight is 1290 g/mol. The van der Waals surface area contributed by atoms with Gasteiger partial charge in [-0.1, -0.05) is 273 Å². The van der Waals surface area contributed by atoms with Crippen LogP contribution < -0.4 is 0 Å². The quantitative estimate of drug-likeness (QED) is 0.177. The van der Waals surface area contributed by atoms with Crippen molar-refractivity contribution in [2.24, 2.45) is 0 Å². The molecule has 0 saturated carbocycles. The Morgan fingerprint density at radius 3 is 0.657 bits per heavy atom. The maximum Gasteiger partial charge on any atom is 0.238 e. The predicted octanol–water partition coefficient (Wildman–Crippen LogP) is 22.8. The lowest BCUT2D eigenvalue weighted by atomic mass is 9.70. The van der Waals surface area contributed by atoms with Crippen LogP contribution in [0.15, 0.2) is 334 Å².